The summed E-state index contributed by atoms with van der Waals surface area (Å²) in [5.41, 5.74) is 3.10. The fourth-order valence-corrected chi connectivity index (χ4v) is 4.64. The lowest BCUT2D eigenvalue weighted by Crippen LogP contribution is -2.41. The second-order valence-corrected chi connectivity index (χ2v) is 8.88. The Morgan fingerprint density at radius 3 is 2.56 bits per heavy atom. The highest BCUT2D eigenvalue weighted by Crippen LogP contribution is 2.34. The molecular formula is C28H29NO5. The van der Waals surface area contributed by atoms with Gasteiger partial charge in [-0.3, -0.25) is 4.79 Å². The van der Waals surface area contributed by atoms with E-state index in [1.165, 1.54) is 5.56 Å². The fourth-order valence-electron chi connectivity index (χ4n) is 4.64. The zero-order valence-electron chi connectivity index (χ0n) is 19.1. The minimum atomic E-state index is 0.0229. The number of likely N-dealkylation sites (tertiary alicyclic amines) is 1. The number of para-hydroxylation sites is 1. The summed E-state index contributed by atoms with van der Waals surface area (Å²) in [6.07, 6.45) is 4.14. The van der Waals surface area contributed by atoms with E-state index in [9.17, 15) is 9.90 Å². The Morgan fingerprint density at radius 1 is 0.971 bits per heavy atom. The van der Waals surface area contributed by atoms with E-state index in [2.05, 4.69) is 12.1 Å². The molecule has 0 saturated carbocycles. The average molecular weight is 460 g/mol. The number of phenolic OH excluding ortho intramolecular Hbond substituents is 1. The van der Waals surface area contributed by atoms with Crippen LogP contribution in [0.1, 0.15) is 24.8 Å². The molecule has 2 heterocycles. The van der Waals surface area contributed by atoms with Crippen molar-refractivity contribution in [2.24, 2.45) is 5.92 Å². The first-order valence-electron chi connectivity index (χ1n) is 11.8. The molecule has 0 atom stereocenters. The van der Waals surface area contributed by atoms with Crippen molar-refractivity contribution in [1.29, 1.82) is 0 Å². The summed E-state index contributed by atoms with van der Waals surface area (Å²) in [5.74, 6) is 3.19. The molecule has 1 fully saturated rings. The molecule has 5 rings (SSSR count). The molecule has 0 bridgehead atoms. The van der Waals surface area contributed by atoms with Gasteiger partial charge in [0, 0.05) is 18.7 Å². The van der Waals surface area contributed by atoms with Crippen LogP contribution in [0.25, 0.3) is 11.1 Å². The van der Waals surface area contributed by atoms with Gasteiger partial charge in [-0.1, -0.05) is 36.4 Å². The van der Waals surface area contributed by atoms with Crippen molar-refractivity contribution >= 4 is 5.91 Å². The van der Waals surface area contributed by atoms with Gasteiger partial charge in [0.05, 0.1) is 0 Å². The van der Waals surface area contributed by atoms with Crippen LogP contribution < -0.4 is 14.2 Å². The second-order valence-electron chi connectivity index (χ2n) is 8.88. The number of amides is 1. The number of aromatic hydroxyl groups is 1. The minimum Gasteiger partial charge on any atom is -0.508 e. The van der Waals surface area contributed by atoms with Crippen molar-refractivity contribution < 1.29 is 24.1 Å². The van der Waals surface area contributed by atoms with Crippen LogP contribution in [0.15, 0.2) is 66.7 Å². The van der Waals surface area contributed by atoms with E-state index in [0.717, 1.165) is 61.4 Å². The molecule has 0 unspecified atom stereocenters. The van der Waals surface area contributed by atoms with Gasteiger partial charge in [-0.2, -0.15) is 0 Å². The van der Waals surface area contributed by atoms with Crippen LogP contribution in [0.5, 0.6) is 23.0 Å². The first-order chi connectivity index (χ1) is 16.7. The SMILES string of the molecule is O=C(COc1ccccc1-c1ccc(O)cc1)N1CCC(CCc2ccc3c(c2)OCO3)CC1. The normalized spacial score (nSPS) is 15.4. The number of phenols is 1. The number of piperidine rings is 1. The molecule has 1 N–H and O–H groups in total. The number of hydrogen-bond acceptors (Lipinski definition) is 5. The number of nitrogens with zero attached hydrogens (tertiary/aromatic N) is 1. The van der Waals surface area contributed by atoms with Gasteiger partial charge >= 0.3 is 0 Å². The number of aryl methyl sites for hydroxylation is 1. The van der Waals surface area contributed by atoms with E-state index < -0.39 is 0 Å². The maximum absolute atomic E-state index is 12.8. The highest BCUT2D eigenvalue weighted by Gasteiger charge is 2.23. The van der Waals surface area contributed by atoms with E-state index in [-0.39, 0.29) is 18.3 Å². The van der Waals surface area contributed by atoms with Gasteiger partial charge in [0.1, 0.15) is 11.5 Å². The number of benzene rings is 3. The van der Waals surface area contributed by atoms with Crippen molar-refractivity contribution in [1.82, 2.24) is 4.90 Å². The van der Waals surface area contributed by atoms with E-state index >= 15 is 0 Å². The molecule has 2 aliphatic heterocycles. The largest absolute Gasteiger partial charge is 0.508 e. The Balaban J connectivity index is 1.10. The van der Waals surface area contributed by atoms with Crippen LogP contribution in [0.2, 0.25) is 0 Å². The van der Waals surface area contributed by atoms with E-state index in [1.54, 1.807) is 12.1 Å². The number of fused-ring (bicyclic) bond motifs is 1. The lowest BCUT2D eigenvalue weighted by molar-refractivity contribution is -0.134. The van der Waals surface area contributed by atoms with Crippen LogP contribution in [0, 0.1) is 5.92 Å². The summed E-state index contributed by atoms with van der Waals surface area (Å²) in [5, 5.41) is 9.55. The van der Waals surface area contributed by atoms with Crippen molar-refractivity contribution in [3.05, 3.63) is 72.3 Å². The van der Waals surface area contributed by atoms with Gasteiger partial charge in [-0.25, -0.2) is 0 Å². The summed E-state index contributed by atoms with van der Waals surface area (Å²) in [4.78, 5) is 14.7. The smallest absolute Gasteiger partial charge is 0.260 e. The molecule has 2 aliphatic rings. The lowest BCUT2D eigenvalue weighted by atomic mass is 9.90. The third kappa shape index (κ3) is 5.11. The van der Waals surface area contributed by atoms with Crippen molar-refractivity contribution in [3.8, 4) is 34.1 Å². The van der Waals surface area contributed by atoms with Gasteiger partial charge in [0.15, 0.2) is 18.1 Å². The maximum atomic E-state index is 12.8. The number of ether oxygens (including phenoxy) is 3. The zero-order valence-corrected chi connectivity index (χ0v) is 19.1. The minimum absolute atomic E-state index is 0.0229. The predicted octanol–water partition coefficient (Wildman–Crippen LogP) is 5.04. The molecule has 3 aromatic rings. The summed E-state index contributed by atoms with van der Waals surface area (Å²) >= 11 is 0. The maximum Gasteiger partial charge on any atom is 0.260 e. The monoisotopic (exact) mass is 459 g/mol. The molecule has 6 heteroatoms. The summed E-state index contributed by atoms with van der Waals surface area (Å²) in [6.45, 7) is 1.87. The first kappa shape index (κ1) is 22.1. The molecule has 1 saturated heterocycles. The number of carbonyl (C=O) groups is 1. The highest BCUT2D eigenvalue weighted by atomic mass is 16.7. The molecule has 1 amide bonds. The number of hydrogen-bond donors (Lipinski definition) is 1. The fraction of sp³-hybridized carbons (Fsp3) is 0.321. The third-order valence-electron chi connectivity index (χ3n) is 6.66. The molecule has 0 aliphatic carbocycles. The van der Waals surface area contributed by atoms with E-state index in [0.29, 0.717) is 18.5 Å². The molecule has 176 valence electrons. The van der Waals surface area contributed by atoms with Crippen molar-refractivity contribution in [3.63, 3.8) is 0 Å². The van der Waals surface area contributed by atoms with Gasteiger partial charge < -0.3 is 24.2 Å². The topological polar surface area (TPSA) is 68.2 Å². The zero-order chi connectivity index (χ0) is 23.3. The van der Waals surface area contributed by atoms with E-state index in [4.69, 9.17) is 14.2 Å². The van der Waals surface area contributed by atoms with Crippen LogP contribution in [0.3, 0.4) is 0 Å². The quantitative estimate of drug-likeness (QED) is 0.536. The lowest BCUT2D eigenvalue weighted by Gasteiger charge is -2.32. The van der Waals surface area contributed by atoms with Gasteiger partial charge in [0.25, 0.3) is 5.91 Å². The standard InChI is InChI=1S/C28H29NO5/c30-23-10-8-22(9-11-23)24-3-1-2-4-25(24)32-18-28(31)29-15-13-20(14-16-29)5-6-21-7-12-26-27(17-21)34-19-33-26/h1-4,7-12,17,20,30H,5-6,13-16,18-19H2. The molecule has 34 heavy (non-hydrogen) atoms. The highest BCUT2D eigenvalue weighted by molar-refractivity contribution is 5.78. The Morgan fingerprint density at radius 2 is 1.74 bits per heavy atom. The Bertz CT molecular complexity index is 1140. The summed E-state index contributed by atoms with van der Waals surface area (Å²) < 4.78 is 16.8. The Labute approximate surface area is 199 Å². The molecule has 6 nitrogen and oxygen atoms in total. The second kappa shape index (κ2) is 10.1. The van der Waals surface area contributed by atoms with E-state index in [1.807, 2.05) is 47.4 Å². The van der Waals surface area contributed by atoms with Crippen molar-refractivity contribution in [2.45, 2.75) is 25.7 Å². The third-order valence-corrected chi connectivity index (χ3v) is 6.66. The van der Waals surface area contributed by atoms with Crippen LogP contribution in [-0.4, -0.2) is 42.4 Å². The number of carbonyl (C=O) groups excluding carboxylic acids is 1. The molecule has 0 spiro atoms. The van der Waals surface area contributed by atoms with Gasteiger partial charge in [-0.15, -0.1) is 0 Å². The van der Waals surface area contributed by atoms with Gasteiger partial charge in [0.2, 0.25) is 6.79 Å². The Hall–Kier alpha value is -3.67. The molecular weight excluding hydrogens is 430 g/mol. The van der Waals surface area contributed by atoms with Gasteiger partial charge in [-0.05, 0) is 73.1 Å². The van der Waals surface area contributed by atoms with Crippen LogP contribution in [0.4, 0.5) is 0 Å². The average Bonchev–Trinajstić information content (AvgIpc) is 3.35. The van der Waals surface area contributed by atoms with Crippen LogP contribution in [-0.2, 0) is 11.2 Å². The molecule has 0 radical (unpaired) electrons. The summed E-state index contributed by atoms with van der Waals surface area (Å²) in [7, 11) is 0. The molecule has 0 aromatic heterocycles. The number of rotatable bonds is 7. The summed E-state index contributed by atoms with van der Waals surface area (Å²) in [6, 6.07) is 20.8. The molecule has 3 aromatic carbocycles. The first-order valence-corrected chi connectivity index (χ1v) is 11.8. The predicted molar refractivity (Wildman–Crippen MR) is 129 cm³/mol. The Kier molecular flexibility index (Phi) is 6.56. The van der Waals surface area contributed by atoms with Crippen molar-refractivity contribution in [2.75, 3.05) is 26.5 Å². The van der Waals surface area contributed by atoms with Crippen LogP contribution >= 0.6 is 0 Å².